The average molecular weight is 320 g/mol. The predicted molar refractivity (Wildman–Crippen MR) is 93.2 cm³/mol. The molecule has 1 fully saturated rings. The molecule has 128 valence electrons. The molecule has 0 aliphatic carbocycles. The third kappa shape index (κ3) is 5.43. The first-order chi connectivity index (χ1) is 11.1. The number of carbonyl (C=O) groups is 1. The number of benzene rings is 1. The Morgan fingerprint density at radius 2 is 2.00 bits per heavy atom. The van der Waals surface area contributed by atoms with Gasteiger partial charge in [0.25, 0.3) is 5.91 Å². The Morgan fingerprint density at radius 3 is 2.65 bits per heavy atom. The fourth-order valence-corrected chi connectivity index (χ4v) is 2.92. The zero-order chi connectivity index (χ0) is 16.7. The summed E-state index contributed by atoms with van der Waals surface area (Å²) >= 11 is 0. The molecule has 1 amide bonds. The van der Waals surface area contributed by atoms with Gasteiger partial charge >= 0.3 is 0 Å². The molecule has 5 heteroatoms. The highest BCUT2D eigenvalue weighted by Crippen LogP contribution is 2.27. The van der Waals surface area contributed by atoms with Crippen LogP contribution in [0.25, 0.3) is 0 Å². The van der Waals surface area contributed by atoms with E-state index in [1.54, 1.807) is 7.11 Å². The van der Waals surface area contributed by atoms with Crippen molar-refractivity contribution in [1.82, 2.24) is 5.32 Å². The normalized spacial score (nSPS) is 15.7. The number of ether oxygens (including phenoxy) is 1. The van der Waals surface area contributed by atoms with Crippen molar-refractivity contribution in [3.8, 4) is 5.75 Å². The molecule has 1 aromatic rings. The van der Waals surface area contributed by atoms with Crippen LogP contribution in [0.2, 0.25) is 0 Å². The molecule has 23 heavy (non-hydrogen) atoms. The Labute approximate surface area is 139 Å². The second-order valence-corrected chi connectivity index (χ2v) is 6.62. The summed E-state index contributed by atoms with van der Waals surface area (Å²) < 4.78 is 5.44. The Hall–Kier alpha value is -1.75. The number of nitrogens with zero attached hydrogens (tertiary/aromatic N) is 1. The number of quaternary nitrogens is 1. The Bertz CT molecular complexity index is 497. The van der Waals surface area contributed by atoms with Gasteiger partial charge in [0.1, 0.15) is 5.75 Å². The fraction of sp³-hybridized carbons (Fsp3) is 0.611. The van der Waals surface area contributed by atoms with Gasteiger partial charge in [-0.2, -0.15) is 0 Å². The second kappa shape index (κ2) is 8.77. The van der Waals surface area contributed by atoms with Crippen LogP contribution >= 0.6 is 0 Å². The summed E-state index contributed by atoms with van der Waals surface area (Å²) in [6.45, 7) is 9.59. The van der Waals surface area contributed by atoms with Gasteiger partial charge in [0.05, 0.1) is 39.0 Å². The topological polar surface area (TPSA) is 46.0 Å². The highest BCUT2D eigenvalue weighted by Gasteiger charge is 2.23. The molecular weight excluding hydrogens is 290 g/mol. The van der Waals surface area contributed by atoms with Crippen LogP contribution in [0.4, 0.5) is 5.69 Å². The van der Waals surface area contributed by atoms with Gasteiger partial charge in [-0.25, -0.2) is 0 Å². The maximum atomic E-state index is 12.0. The highest BCUT2D eigenvalue weighted by molar-refractivity contribution is 5.76. The number of para-hydroxylation sites is 2. The van der Waals surface area contributed by atoms with Crippen molar-refractivity contribution in [2.45, 2.75) is 20.3 Å². The van der Waals surface area contributed by atoms with E-state index in [1.165, 1.54) is 4.90 Å². The van der Waals surface area contributed by atoms with Crippen LogP contribution in [0.5, 0.6) is 5.75 Å². The molecule has 1 heterocycles. The lowest BCUT2D eigenvalue weighted by Gasteiger charge is -2.34. The molecule has 1 saturated heterocycles. The molecule has 5 nitrogen and oxygen atoms in total. The van der Waals surface area contributed by atoms with Gasteiger partial charge in [0, 0.05) is 6.54 Å². The monoisotopic (exact) mass is 320 g/mol. The van der Waals surface area contributed by atoms with E-state index in [2.05, 4.69) is 30.1 Å². The number of rotatable bonds is 7. The predicted octanol–water partition coefficient (Wildman–Crippen LogP) is 0.562. The summed E-state index contributed by atoms with van der Waals surface area (Å²) in [5, 5.41) is 3.03. The minimum Gasteiger partial charge on any atom is -0.495 e. The minimum absolute atomic E-state index is 0.173. The molecule has 1 aliphatic heterocycles. The zero-order valence-corrected chi connectivity index (χ0v) is 14.6. The number of hydrogen-bond acceptors (Lipinski definition) is 3. The number of methoxy groups -OCH3 is 1. The van der Waals surface area contributed by atoms with Crippen LogP contribution in [0, 0.1) is 5.92 Å². The van der Waals surface area contributed by atoms with E-state index in [0.717, 1.165) is 50.6 Å². The molecule has 0 radical (unpaired) electrons. The number of amides is 1. The van der Waals surface area contributed by atoms with Gasteiger partial charge in [0.2, 0.25) is 0 Å². The lowest BCUT2D eigenvalue weighted by molar-refractivity contribution is -0.892. The quantitative estimate of drug-likeness (QED) is 0.772. The van der Waals surface area contributed by atoms with Crippen molar-refractivity contribution in [2.24, 2.45) is 5.92 Å². The highest BCUT2D eigenvalue weighted by atomic mass is 16.5. The summed E-state index contributed by atoms with van der Waals surface area (Å²) in [6, 6.07) is 8.13. The number of anilines is 1. The van der Waals surface area contributed by atoms with E-state index in [9.17, 15) is 4.79 Å². The Balaban J connectivity index is 1.76. The molecule has 2 rings (SSSR count). The Morgan fingerprint density at radius 1 is 1.30 bits per heavy atom. The average Bonchev–Trinajstić information content (AvgIpc) is 2.55. The van der Waals surface area contributed by atoms with Crippen molar-refractivity contribution in [3.05, 3.63) is 24.3 Å². The molecule has 0 saturated carbocycles. The summed E-state index contributed by atoms with van der Waals surface area (Å²) in [6.07, 6.45) is 1.04. The number of carbonyl (C=O) groups excluding carboxylic acids is 1. The smallest absolute Gasteiger partial charge is 0.275 e. The van der Waals surface area contributed by atoms with Crippen LogP contribution in [0.3, 0.4) is 0 Å². The third-order valence-corrected chi connectivity index (χ3v) is 4.35. The first-order valence-electron chi connectivity index (χ1n) is 8.58. The van der Waals surface area contributed by atoms with Crippen molar-refractivity contribution < 1.29 is 14.4 Å². The number of nitrogens with one attached hydrogen (secondary N) is 2. The van der Waals surface area contributed by atoms with Crippen LogP contribution in [-0.4, -0.2) is 52.3 Å². The molecule has 0 atom stereocenters. The lowest BCUT2D eigenvalue weighted by atomic mass is 10.1. The summed E-state index contributed by atoms with van der Waals surface area (Å²) in [7, 11) is 1.71. The summed E-state index contributed by atoms with van der Waals surface area (Å²) in [4.78, 5) is 15.7. The molecule has 0 aromatic heterocycles. The van der Waals surface area contributed by atoms with E-state index in [1.807, 2.05) is 18.2 Å². The van der Waals surface area contributed by atoms with E-state index in [4.69, 9.17) is 4.74 Å². The van der Waals surface area contributed by atoms with E-state index in [0.29, 0.717) is 12.5 Å². The van der Waals surface area contributed by atoms with Gasteiger partial charge in [0.15, 0.2) is 6.54 Å². The molecule has 0 unspecified atom stereocenters. The van der Waals surface area contributed by atoms with E-state index < -0.39 is 0 Å². The third-order valence-electron chi connectivity index (χ3n) is 4.35. The van der Waals surface area contributed by atoms with E-state index in [-0.39, 0.29) is 5.91 Å². The summed E-state index contributed by atoms with van der Waals surface area (Å²) in [5.74, 6) is 1.72. The first-order valence-corrected chi connectivity index (χ1v) is 8.58. The first kappa shape index (κ1) is 17.6. The van der Waals surface area contributed by atoms with Crippen molar-refractivity contribution in [3.63, 3.8) is 0 Å². The fourth-order valence-electron chi connectivity index (χ4n) is 2.92. The van der Waals surface area contributed by atoms with Gasteiger partial charge in [-0.15, -0.1) is 0 Å². The maximum Gasteiger partial charge on any atom is 0.275 e. The van der Waals surface area contributed by atoms with Crippen molar-refractivity contribution in [1.29, 1.82) is 0 Å². The van der Waals surface area contributed by atoms with E-state index >= 15 is 0 Å². The van der Waals surface area contributed by atoms with Crippen molar-refractivity contribution in [2.75, 3.05) is 51.3 Å². The van der Waals surface area contributed by atoms with Gasteiger partial charge in [-0.05, 0) is 24.5 Å². The second-order valence-electron chi connectivity index (χ2n) is 6.62. The Kier molecular flexibility index (Phi) is 6.71. The van der Waals surface area contributed by atoms with Crippen LogP contribution in [-0.2, 0) is 4.79 Å². The molecular formula is C18H30N3O2+. The maximum absolute atomic E-state index is 12.0. The van der Waals surface area contributed by atoms with Crippen LogP contribution in [0.15, 0.2) is 24.3 Å². The zero-order valence-electron chi connectivity index (χ0n) is 14.6. The molecule has 2 N–H and O–H groups in total. The van der Waals surface area contributed by atoms with Crippen LogP contribution in [0.1, 0.15) is 20.3 Å². The minimum atomic E-state index is 0.173. The van der Waals surface area contributed by atoms with Crippen LogP contribution < -0.4 is 19.9 Å². The van der Waals surface area contributed by atoms with Crippen molar-refractivity contribution >= 4 is 11.6 Å². The summed E-state index contributed by atoms with van der Waals surface area (Å²) in [5.41, 5.74) is 1.15. The molecule has 1 aliphatic rings. The van der Waals surface area contributed by atoms with Gasteiger partial charge in [-0.1, -0.05) is 26.0 Å². The molecule has 0 bridgehead atoms. The lowest BCUT2D eigenvalue weighted by Crippen LogP contribution is -3.15. The van der Waals surface area contributed by atoms with Gasteiger partial charge in [-0.3, -0.25) is 4.79 Å². The standard InChI is InChI=1S/C18H29N3O2/c1-15(2)8-9-19-18(22)14-20-10-12-21(13-11-20)16-6-4-5-7-17(16)23-3/h4-7,15H,8-14H2,1-3H3,(H,19,22)/p+1. The number of piperazine rings is 1. The number of hydrogen-bond donors (Lipinski definition) is 2. The molecule has 1 aromatic carbocycles. The SMILES string of the molecule is COc1ccccc1N1CC[NH+](CC(=O)NCCC(C)C)CC1. The van der Waals surface area contributed by atoms with Gasteiger partial charge < -0.3 is 19.9 Å². The largest absolute Gasteiger partial charge is 0.495 e. The molecule has 0 spiro atoms.